The van der Waals surface area contributed by atoms with E-state index in [0.29, 0.717) is 0 Å². The van der Waals surface area contributed by atoms with E-state index in [2.05, 4.69) is 0 Å². The molecule has 2 nitrogen and oxygen atoms in total. The number of benzene rings is 1. The molecule has 0 aromatic heterocycles. The second-order valence-electron chi connectivity index (χ2n) is 2.63. The van der Waals surface area contributed by atoms with Crippen molar-refractivity contribution in [3.05, 3.63) is 60.7 Å². The number of hydrogen-bond donors (Lipinski definition) is 0. The Kier molecular flexibility index (Phi) is 4.08. The highest BCUT2D eigenvalue weighted by molar-refractivity contribution is 6.14. The van der Waals surface area contributed by atoms with Gasteiger partial charge in [0.1, 0.15) is 0 Å². The van der Waals surface area contributed by atoms with Crippen molar-refractivity contribution in [2.75, 3.05) is 0 Å². The molecule has 0 amide bonds. The molecule has 2 heteroatoms. The van der Waals surface area contributed by atoms with Crippen LogP contribution in [0.4, 0.5) is 0 Å². The number of carbonyl (C=O) groups is 2. The van der Waals surface area contributed by atoms with Crippen molar-refractivity contribution in [1.29, 1.82) is 0 Å². The lowest BCUT2D eigenvalue weighted by Crippen LogP contribution is -1.97. The van der Waals surface area contributed by atoms with E-state index in [9.17, 15) is 9.59 Å². The molecule has 0 heterocycles. The minimum atomic E-state index is -0.121. The molecule has 1 aromatic carbocycles. The van der Waals surface area contributed by atoms with Gasteiger partial charge in [-0.1, -0.05) is 36.4 Å². The molecule has 1 aliphatic carbocycles. The highest BCUT2D eigenvalue weighted by Crippen LogP contribution is 1.90. The number of carbonyl (C=O) groups excluding carboxylic acids is 2. The van der Waals surface area contributed by atoms with Crippen LogP contribution in [0.2, 0.25) is 0 Å². The fourth-order valence-corrected chi connectivity index (χ4v) is 0.825. The highest BCUT2D eigenvalue weighted by atomic mass is 16.1. The second kappa shape index (κ2) is 5.65. The first-order valence-corrected chi connectivity index (χ1v) is 4.23. The van der Waals surface area contributed by atoms with Crippen molar-refractivity contribution in [2.24, 2.45) is 0 Å². The van der Waals surface area contributed by atoms with Gasteiger partial charge < -0.3 is 0 Å². The van der Waals surface area contributed by atoms with Gasteiger partial charge in [-0.3, -0.25) is 9.59 Å². The second-order valence-corrected chi connectivity index (χ2v) is 2.63. The van der Waals surface area contributed by atoms with Gasteiger partial charge in [0.25, 0.3) is 0 Å². The van der Waals surface area contributed by atoms with E-state index in [4.69, 9.17) is 0 Å². The van der Waals surface area contributed by atoms with Crippen LogP contribution in [0, 0.1) is 0 Å². The van der Waals surface area contributed by atoms with Crippen LogP contribution in [0.5, 0.6) is 0 Å². The molecule has 0 atom stereocenters. The Morgan fingerprint density at radius 1 is 0.500 bits per heavy atom. The largest absolute Gasteiger partial charge is 0.290 e. The Labute approximate surface area is 82.6 Å². The molecule has 14 heavy (non-hydrogen) atoms. The van der Waals surface area contributed by atoms with Gasteiger partial charge in [-0.25, -0.2) is 0 Å². The molecular formula is C12H10O2. The van der Waals surface area contributed by atoms with Crippen LogP contribution < -0.4 is 0 Å². The van der Waals surface area contributed by atoms with Crippen LogP contribution in [0.3, 0.4) is 0 Å². The Morgan fingerprint density at radius 3 is 0.929 bits per heavy atom. The predicted octanol–water partition coefficient (Wildman–Crippen LogP) is 1.94. The zero-order chi connectivity index (χ0) is 10.2. The lowest BCUT2D eigenvalue weighted by molar-refractivity contribution is -0.113. The first-order valence-electron chi connectivity index (χ1n) is 4.23. The molecule has 0 saturated heterocycles. The molecule has 0 aliphatic heterocycles. The summed E-state index contributed by atoms with van der Waals surface area (Å²) in [7, 11) is 0. The zero-order valence-electron chi connectivity index (χ0n) is 7.59. The van der Waals surface area contributed by atoms with Gasteiger partial charge >= 0.3 is 0 Å². The summed E-state index contributed by atoms with van der Waals surface area (Å²) >= 11 is 0. The Balaban J connectivity index is 0.000000146. The summed E-state index contributed by atoms with van der Waals surface area (Å²) in [6.45, 7) is 0. The van der Waals surface area contributed by atoms with E-state index in [1.165, 1.54) is 24.3 Å². The molecule has 1 aliphatic rings. The number of ketones is 2. The normalized spacial score (nSPS) is 13.4. The molecule has 0 saturated carbocycles. The van der Waals surface area contributed by atoms with Gasteiger partial charge in [0.2, 0.25) is 0 Å². The maximum Gasteiger partial charge on any atom is 0.178 e. The third-order valence-corrected chi connectivity index (χ3v) is 1.49. The minimum Gasteiger partial charge on any atom is -0.290 e. The van der Waals surface area contributed by atoms with Gasteiger partial charge in [-0.05, 0) is 24.3 Å². The summed E-state index contributed by atoms with van der Waals surface area (Å²) in [4.78, 5) is 20.6. The van der Waals surface area contributed by atoms with Gasteiger partial charge in [0.15, 0.2) is 11.6 Å². The van der Waals surface area contributed by atoms with Crippen LogP contribution in [-0.4, -0.2) is 11.6 Å². The first-order chi connectivity index (χ1) is 6.79. The maximum atomic E-state index is 10.3. The lowest BCUT2D eigenvalue weighted by Gasteiger charge is -1.87. The molecule has 0 spiro atoms. The molecule has 70 valence electrons. The van der Waals surface area contributed by atoms with Crippen LogP contribution >= 0.6 is 0 Å². The van der Waals surface area contributed by atoms with E-state index >= 15 is 0 Å². The Morgan fingerprint density at radius 2 is 0.714 bits per heavy atom. The quantitative estimate of drug-likeness (QED) is 0.580. The molecule has 1 aromatic rings. The zero-order valence-corrected chi connectivity index (χ0v) is 7.59. The number of hydrogen-bond acceptors (Lipinski definition) is 2. The van der Waals surface area contributed by atoms with Crippen molar-refractivity contribution in [3.8, 4) is 0 Å². The molecule has 2 rings (SSSR count). The Bertz CT molecular complexity index is 296. The molecular weight excluding hydrogens is 176 g/mol. The van der Waals surface area contributed by atoms with Gasteiger partial charge in [-0.2, -0.15) is 0 Å². The smallest absolute Gasteiger partial charge is 0.178 e. The third kappa shape index (κ3) is 4.16. The fourth-order valence-electron chi connectivity index (χ4n) is 0.825. The van der Waals surface area contributed by atoms with Gasteiger partial charge in [-0.15, -0.1) is 0 Å². The Hall–Kier alpha value is -1.96. The summed E-state index contributed by atoms with van der Waals surface area (Å²) in [5.41, 5.74) is 0. The first kappa shape index (κ1) is 10.1. The predicted molar refractivity (Wildman–Crippen MR) is 54.7 cm³/mol. The number of rotatable bonds is 0. The fraction of sp³-hybridized carbons (Fsp3) is 0. The molecule has 0 radical (unpaired) electrons. The summed E-state index contributed by atoms with van der Waals surface area (Å²) in [5, 5.41) is 0. The molecule has 0 N–H and O–H groups in total. The topological polar surface area (TPSA) is 34.1 Å². The minimum absolute atomic E-state index is 0.121. The molecule has 0 unspecified atom stereocenters. The lowest BCUT2D eigenvalue weighted by atomic mass is 10.2. The van der Waals surface area contributed by atoms with Crippen molar-refractivity contribution in [2.45, 2.75) is 0 Å². The van der Waals surface area contributed by atoms with Crippen LogP contribution in [-0.2, 0) is 9.59 Å². The van der Waals surface area contributed by atoms with Crippen LogP contribution in [0.1, 0.15) is 0 Å². The SMILES string of the molecule is O=C1C=CC(=O)C=C1.c1ccccc1. The van der Waals surface area contributed by atoms with Crippen LogP contribution in [0.15, 0.2) is 60.7 Å². The van der Waals surface area contributed by atoms with Gasteiger partial charge in [0.05, 0.1) is 0 Å². The van der Waals surface area contributed by atoms with Crippen molar-refractivity contribution in [3.63, 3.8) is 0 Å². The van der Waals surface area contributed by atoms with Gasteiger partial charge in [0, 0.05) is 0 Å². The summed E-state index contributed by atoms with van der Waals surface area (Å²) in [5.74, 6) is -0.241. The summed E-state index contributed by atoms with van der Waals surface area (Å²) < 4.78 is 0. The van der Waals surface area contributed by atoms with E-state index < -0.39 is 0 Å². The van der Waals surface area contributed by atoms with E-state index in [-0.39, 0.29) is 11.6 Å². The van der Waals surface area contributed by atoms with Crippen molar-refractivity contribution < 1.29 is 9.59 Å². The summed E-state index contributed by atoms with van der Waals surface area (Å²) in [6, 6.07) is 12.0. The highest BCUT2D eigenvalue weighted by Gasteiger charge is 1.97. The van der Waals surface area contributed by atoms with Crippen molar-refractivity contribution >= 4 is 11.6 Å². The average molecular weight is 186 g/mol. The van der Waals surface area contributed by atoms with E-state index in [0.717, 1.165) is 0 Å². The number of allylic oxidation sites excluding steroid dienone is 4. The summed E-state index contributed by atoms with van der Waals surface area (Å²) in [6.07, 6.45) is 5.01. The maximum absolute atomic E-state index is 10.3. The van der Waals surface area contributed by atoms with E-state index in [1.54, 1.807) is 0 Å². The standard InChI is InChI=1S/C6H4O2.C6H6/c7-5-1-2-6(8)4-3-5;1-2-4-6-5-3-1/h1-4H;1-6H. The third-order valence-electron chi connectivity index (χ3n) is 1.49. The van der Waals surface area contributed by atoms with Crippen molar-refractivity contribution in [1.82, 2.24) is 0 Å². The average Bonchev–Trinajstić information content (AvgIpc) is 2.26. The molecule has 0 fully saturated rings. The molecule has 0 bridgehead atoms. The van der Waals surface area contributed by atoms with Crippen LogP contribution in [0.25, 0.3) is 0 Å². The monoisotopic (exact) mass is 186 g/mol. The van der Waals surface area contributed by atoms with E-state index in [1.807, 2.05) is 36.4 Å².